The Morgan fingerprint density at radius 1 is 0.953 bits per heavy atom. The molecule has 342 valence electrons. The topological polar surface area (TPSA) is 208 Å². The van der Waals surface area contributed by atoms with Crippen molar-refractivity contribution in [2.45, 2.75) is 84.1 Å². The lowest BCUT2D eigenvalue weighted by atomic mass is 9.97. The first-order valence-electron chi connectivity index (χ1n) is 21.2. The second-order valence-corrected chi connectivity index (χ2v) is 17.3. The fourth-order valence-electron chi connectivity index (χ4n) is 7.62. The van der Waals surface area contributed by atoms with Gasteiger partial charge in [-0.3, -0.25) is 19.4 Å². The summed E-state index contributed by atoms with van der Waals surface area (Å²) < 4.78 is 28.5. The number of ether oxygens (including phenoxy) is 5. The van der Waals surface area contributed by atoms with Gasteiger partial charge in [-0.15, -0.1) is 11.6 Å². The summed E-state index contributed by atoms with van der Waals surface area (Å²) in [7, 11) is 4.59. The van der Waals surface area contributed by atoms with Crippen molar-refractivity contribution in [3.05, 3.63) is 77.6 Å². The smallest absolute Gasteiger partial charge is 0.407 e. The second-order valence-electron chi connectivity index (χ2n) is 17.0. The molecule has 6 rings (SSSR count). The summed E-state index contributed by atoms with van der Waals surface area (Å²) in [6.45, 7) is 9.88. The Hall–Kier alpha value is -6.26. The molecular weight excluding hydrogens is 842 g/mol. The van der Waals surface area contributed by atoms with Gasteiger partial charge in [0.15, 0.2) is 11.5 Å². The van der Waals surface area contributed by atoms with Crippen molar-refractivity contribution >= 4 is 68.6 Å². The van der Waals surface area contributed by atoms with Gasteiger partial charge in [0.2, 0.25) is 17.6 Å². The largest absolute Gasteiger partial charge is 0.493 e. The summed E-state index contributed by atoms with van der Waals surface area (Å²) in [4.78, 5) is 62.6. The van der Waals surface area contributed by atoms with Crippen LogP contribution < -0.4 is 45.5 Å². The molecule has 2 aromatic heterocycles. The molecule has 16 nitrogen and oxygen atoms in total. The highest BCUT2D eigenvalue weighted by atomic mass is 35.5. The number of carbonyl (C=O) groups excluding carboxylic acids is 4. The van der Waals surface area contributed by atoms with Crippen LogP contribution >= 0.6 is 11.6 Å². The van der Waals surface area contributed by atoms with E-state index in [0.29, 0.717) is 88.8 Å². The fourth-order valence-corrected chi connectivity index (χ4v) is 7.87. The third-order valence-electron chi connectivity index (χ3n) is 10.9. The van der Waals surface area contributed by atoms with Crippen molar-refractivity contribution in [3.8, 4) is 23.0 Å². The van der Waals surface area contributed by atoms with Gasteiger partial charge in [0, 0.05) is 53.6 Å². The molecule has 6 N–H and O–H groups in total. The predicted molar refractivity (Wildman–Crippen MR) is 247 cm³/mol. The molecule has 0 bridgehead atoms. The van der Waals surface area contributed by atoms with Crippen LogP contribution in [0.3, 0.4) is 0 Å². The minimum absolute atomic E-state index is 0.127. The monoisotopic (exact) mass is 899 g/mol. The highest BCUT2D eigenvalue weighted by Crippen LogP contribution is 2.47. The van der Waals surface area contributed by atoms with E-state index in [2.05, 4.69) is 25.9 Å². The van der Waals surface area contributed by atoms with Crippen LogP contribution in [-0.2, 0) is 20.9 Å². The summed E-state index contributed by atoms with van der Waals surface area (Å²) in [6.07, 6.45) is 2.60. The van der Waals surface area contributed by atoms with Crippen molar-refractivity contribution in [1.82, 2.24) is 20.6 Å². The van der Waals surface area contributed by atoms with Crippen LogP contribution in [0, 0.1) is 5.92 Å². The molecule has 3 atom stereocenters. The van der Waals surface area contributed by atoms with Crippen LogP contribution in [0.4, 0.5) is 16.2 Å². The number of fused-ring (bicyclic) bond motifs is 4. The van der Waals surface area contributed by atoms with Gasteiger partial charge in [-0.1, -0.05) is 32.0 Å². The number of benzene rings is 3. The average Bonchev–Trinajstić information content (AvgIpc) is 3.88. The third-order valence-corrected chi connectivity index (χ3v) is 11.3. The fraction of sp³-hybridized carbons (Fsp3) is 0.426. The maximum Gasteiger partial charge on any atom is 0.407 e. The van der Waals surface area contributed by atoms with Gasteiger partial charge in [0.1, 0.15) is 35.2 Å². The number of pyridine rings is 1. The highest BCUT2D eigenvalue weighted by molar-refractivity contribution is 6.19. The molecule has 0 radical (unpaired) electrons. The van der Waals surface area contributed by atoms with Crippen LogP contribution in [0.5, 0.6) is 23.0 Å². The average molecular weight is 900 g/mol. The predicted octanol–water partition coefficient (Wildman–Crippen LogP) is 7.41. The zero-order chi connectivity index (χ0) is 46.3. The van der Waals surface area contributed by atoms with E-state index < -0.39 is 35.6 Å². The molecule has 4 amide bonds. The van der Waals surface area contributed by atoms with E-state index in [1.807, 2.05) is 44.2 Å². The number of hydrogen-bond donors (Lipinski definition) is 5. The number of nitrogens with zero attached hydrogens (tertiary/aromatic N) is 2. The zero-order valence-corrected chi connectivity index (χ0v) is 38.3. The molecule has 1 aliphatic heterocycles. The molecule has 17 heteroatoms. The number of nitrogens with one attached hydrogen (secondary N) is 4. The molecule has 3 heterocycles. The molecule has 0 fully saturated rings. The summed E-state index contributed by atoms with van der Waals surface area (Å²) in [5, 5.41) is 9.99. The molecule has 3 aromatic carbocycles. The number of aromatic nitrogens is 2. The quantitative estimate of drug-likeness (QED) is 0.0432. The van der Waals surface area contributed by atoms with Crippen LogP contribution in [0.25, 0.3) is 21.8 Å². The van der Waals surface area contributed by atoms with E-state index in [0.717, 1.165) is 16.5 Å². The number of halogens is 1. The molecular formula is C47H58ClN7O9. The van der Waals surface area contributed by atoms with E-state index >= 15 is 0 Å². The minimum Gasteiger partial charge on any atom is -0.493 e. The Labute approximate surface area is 377 Å². The van der Waals surface area contributed by atoms with E-state index in [9.17, 15) is 19.2 Å². The van der Waals surface area contributed by atoms with Gasteiger partial charge < -0.3 is 55.3 Å². The summed E-state index contributed by atoms with van der Waals surface area (Å²) in [6, 6.07) is 14.7. The van der Waals surface area contributed by atoms with Gasteiger partial charge in [0.25, 0.3) is 5.91 Å². The molecule has 0 saturated heterocycles. The summed E-state index contributed by atoms with van der Waals surface area (Å²) >= 11 is 6.56. The van der Waals surface area contributed by atoms with Crippen molar-refractivity contribution < 1.29 is 42.9 Å². The van der Waals surface area contributed by atoms with E-state index in [1.54, 1.807) is 56.1 Å². The first-order chi connectivity index (χ1) is 30.6. The van der Waals surface area contributed by atoms with Crippen molar-refractivity contribution in [2.75, 3.05) is 50.5 Å². The Balaban J connectivity index is 1.17. The van der Waals surface area contributed by atoms with Crippen molar-refractivity contribution in [1.29, 1.82) is 0 Å². The highest BCUT2D eigenvalue weighted by Gasteiger charge is 2.36. The standard InChI is InChI=1S/C47H58ClN7O9/c1-26(2)38(49)44(57)54-32(13-9-10-18-51-46(59)64-47(3,4)5)43(56)52-30-16-14-27(15-17-30)25-63-35-22-34-37(31-12-11-19-50-40(31)35)29(23-48)24-55(34)45(58)33-20-28-21-36(60-6)41(61-7)42(62-8)39(28)53-33/h11-12,14-17,19-22,26,29,32,38,53H,9-10,13,18,23-25,49H2,1-8H3,(H,51,59)(H,52,56)(H,54,57)/t29?,32-,38-/m0/s1. The van der Waals surface area contributed by atoms with Crippen LogP contribution in [-0.4, -0.2) is 91.8 Å². The first-order valence-corrected chi connectivity index (χ1v) is 21.8. The molecule has 1 unspecified atom stereocenters. The first kappa shape index (κ1) is 47.2. The Kier molecular flexibility index (Phi) is 15.1. The molecule has 64 heavy (non-hydrogen) atoms. The molecule has 0 spiro atoms. The van der Waals surface area contributed by atoms with E-state index in [4.69, 9.17) is 41.0 Å². The minimum atomic E-state index is -0.863. The van der Waals surface area contributed by atoms with Gasteiger partial charge in [-0.05, 0) is 87.4 Å². The Bertz CT molecular complexity index is 2490. The maximum atomic E-state index is 14.4. The lowest BCUT2D eigenvalue weighted by Gasteiger charge is -2.22. The Morgan fingerprint density at radius 2 is 1.69 bits per heavy atom. The number of nitrogens with two attached hydrogens (primary N) is 1. The number of rotatable bonds is 18. The number of alkyl carbamates (subject to hydrolysis) is 1. The van der Waals surface area contributed by atoms with Crippen LogP contribution in [0.1, 0.15) is 81.4 Å². The van der Waals surface area contributed by atoms with Crippen molar-refractivity contribution in [3.63, 3.8) is 0 Å². The number of methoxy groups -OCH3 is 3. The SMILES string of the molecule is COc1cc2cc(C(=O)N3CC(CCl)c4c3cc(OCc3ccc(NC(=O)[C@H](CCCCNC(=O)OC(C)(C)C)NC(=O)[C@@H](N)C(C)C)cc3)c3ncccc43)[nH]c2c(OC)c1OC. The molecule has 1 aliphatic rings. The lowest BCUT2D eigenvalue weighted by molar-refractivity contribution is -0.128. The van der Waals surface area contributed by atoms with Gasteiger partial charge in [-0.25, -0.2) is 4.79 Å². The van der Waals surface area contributed by atoms with Gasteiger partial charge in [-0.2, -0.15) is 0 Å². The summed E-state index contributed by atoms with van der Waals surface area (Å²) in [5.41, 5.74) is 9.95. The number of anilines is 2. The number of amides is 4. The number of carbonyl (C=O) groups is 4. The van der Waals surface area contributed by atoms with E-state index in [-0.39, 0.29) is 30.2 Å². The van der Waals surface area contributed by atoms with E-state index in [1.165, 1.54) is 21.3 Å². The third kappa shape index (κ3) is 10.7. The Morgan fingerprint density at radius 3 is 2.34 bits per heavy atom. The number of H-pyrrole nitrogens is 1. The number of hydrogen-bond acceptors (Lipinski definition) is 11. The lowest BCUT2D eigenvalue weighted by Crippen LogP contribution is -2.51. The normalized spacial score (nSPS) is 14.5. The van der Waals surface area contributed by atoms with Gasteiger partial charge >= 0.3 is 6.09 Å². The van der Waals surface area contributed by atoms with Crippen molar-refractivity contribution in [2.24, 2.45) is 11.7 Å². The number of alkyl halides is 1. The second kappa shape index (κ2) is 20.5. The van der Waals surface area contributed by atoms with Gasteiger partial charge in [0.05, 0.1) is 38.6 Å². The maximum absolute atomic E-state index is 14.4. The van der Waals surface area contributed by atoms with Crippen LogP contribution in [0.2, 0.25) is 0 Å². The number of unbranched alkanes of at least 4 members (excludes halogenated alkanes) is 1. The number of aromatic amines is 1. The summed E-state index contributed by atoms with van der Waals surface area (Å²) in [5.74, 6) is 0.672. The zero-order valence-electron chi connectivity index (χ0n) is 37.6. The molecule has 5 aromatic rings. The molecule has 0 saturated carbocycles. The molecule has 0 aliphatic carbocycles. The van der Waals surface area contributed by atoms with Crippen LogP contribution in [0.15, 0.2) is 60.8 Å².